The van der Waals surface area contributed by atoms with Crippen molar-refractivity contribution >= 4 is 17.6 Å². The molecular formula is C22H25F6NO4. The molecule has 0 aromatic heterocycles. The lowest BCUT2D eigenvalue weighted by Gasteiger charge is -2.30. The van der Waals surface area contributed by atoms with Crippen molar-refractivity contribution < 1.29 is 45.4 Å². The molecule has 1 amide bonds. The van der Waals surface area contributed by atoms with Crippen molar-refractivity contribution in [2.45, 2.75) is 64.5 Å². The van der Waals surface area contributed by atoms with Gasteiger partial charge in [0.25, 0.3) is 0 Å². The van der Waals surface area contributed by atoms with Crippen molar-refractivity contribution in [3.63, 3.8) is 0 Å². The van der Waals surface area contributed by atoms with Gasteiger partial charge in [-0.15, -0.1) is 0 Å². The molecule has 1 unspecified atom stereocenters. The summed E-state index contributed by atoms with van der Waals surface area (Å²) in [5.74, 6) is -0.950. The van der Waals surface area contributed by atoms with Crippen LogP contribution in [0.15, 0.2) is 24.3 Å². The number of amides is 1. The number of likely N-dealkylation sites (tertiary alicyclic amines) is 1. The van der Waals surface area contributed by atoms with E-state index in [1.807, 2.05) is 0 Å². The fourth-order valence-electron chi connectivity index (χ4n) is 3.43. The van der Waals surface area contributed by atoms with E-state index in [0.29, 0.717) is 18.6 Å². The number of halogens is 6. The average molecular weight is 481 g/mol. The average Bonchev–Trinajstić information content (AvgIpc) is 3.13. The van der Waals surface area contributed by atoms with E-state index < -0.39 is 52.7 Å². The highest BCUT2D eigenvalue weighted by molar-refractivity contribution is 5.93. The van der Waals surface area contributed by atoms with Gasteiger partial charge in [-0.25, -0.2) is 9.59 Å². The van der Waals surface area contributed by atoms with Crippen LogP contribution in [0.25, 0.3) is 5.57 Å². The van der Waals surface area contributed by atoms with Gasteiger partial charge in [0.1, 0.15) is 5.60 Å². The van der Waals surface area contributed by atoms with Gasteiger partial charge < -0.3 is 14.4 Å². The Balaban J connectivity index is 2.66. The summed E-state index contributed by atoms with van der Waals surface area (Å²) in [6.45, 7) is 6.46. The molecule has 1 saturated heterocycles. The van der Waals surface area contributed by atoms with Crippen molar-refractivity contribution in [3.8, 4) is 0 Å². The Morgan fingerprint density at radius 3 is 2.03 bits per heavy atom. The summed E-state index contributed by atoms with van der Waals surface area (Å²) >= 11 is 0. The molecule has 1 aliphatic heterocycles. The van der Waals surface area contributed by atoms with Crippen molar-refractivity contribution in [1.29, 1.82) is 0 Å². The summed E-state index contributed by atoms with van der Waals surface area (Å²) < 4.78 is 90.5. The molecule has 1 aliphatic rings. The van der Waals surface area contributed by atoms with E-state index >= 15 is 0 Å². The minimum absolute atomic E-state index is 0.00572. The van der Waals surface area contributed by atoms with Crippen LogP contribution in [0.1, 0.15) is 57.2 Å². The van der Waals surface area contributed by atoms with Crippen LogP contribution in [0.5, 0.6) is 0 Å². The third-order valence-corrected chi connectivity index (χ3v) is 4.72. The number of alkyl halides is 6. The van der Waals surface area contributed by atoms with E-state index in [4.69, 9.17) is 9.47 Å². The predicted molar refractivity (Wildman–Crippen MR) is 107 cm³/mol. The molecule has 0 radical (unpaired) electrons. The summed E-state index contributed by atoms with van der Waals surface area (Å²) in [6, 6.07) is 0.0950. The van der Waals surface area contributed by atoms with Gasteiger partial charge in [-0.2, -0.15) is 26.3 Å². The summed E-state index contributed by atoms with van der Waals surface area (Å²) in [4.78, 5) is 26.0. The van der Waals surface area contributed by atoms with Crippen LogP contribution in [-0.2, 0) is 26.6 Å². The molecule has 0 saturated carbocycles. The molecule has 184 valence electrons. The second-order valence-corrected chi connectivity index (χ2v) is 8.48. The topological polar surface area (TPSA) is 55.8 Å². The fourth-order valence-corrected chi connectivity index (χ4v) is 3.43. The molecule has 1 fully saturated rings. The van der Waals surface area contributed by atoms with Crippen molar-refractivity contribution in [1.82, 2.24) is 4.90 Å². The molecule has 1 atom stereocenters. The zero-order valence-electron chi connectivity index (χ0n) is 18.6. The Labute approximate surface area is 187 Å². The second kappa shape index (κ2) is 9.64. The third kappa shape index (κ3) is 7.13. The fraction of sp³-hybridized carbons (Fsp3) is 0.545. The number of carbonyl (C=O) groups excluding carboxylic acids is 2. The summed E-state index contributed by atoms with van der Waals surface area (Å²) in [6.07, 6.45) is -9.45. The Hall–Kier alpha value is -2.72. The molecule has 0 N–H and O–H groups in total. The first-order valence-electron chi connectivity index (χ1n) is 10.2. The highest BCUT2D eigenvalue weighted by atomic mass is 19.4. The van der Waals surface area contributed by atoms with Gasteiger partial charge in [-0.1, -0.05) is 0 Å². The van der Waals surface area contributed by atoms with Crippen molar-refractivity contribution in [2.24, 2.45) is 0 Å². The van der Waals surface area contributed by atoms with Crippen molar-refractivity contribution in [2.75, 3.05) is 13.2 Å². The van der Waals surface area contributed by atoms with Crippen LogP contribution in [-0.4, -0.2) is 41.8 Å². The Kier molecular flexibility index (Phi) is 7.75. The molecule has 33 heavy (non-hydrogen) atoms. The number of hydrogen-bond acceptors (Lipinski definition) is 4. The first-order chi connectivity index (χ1) is 15.0. The normalized spacial score (nSPS) is 17.8. The highest BCUT2D eigenvalue weighted by Gasteiger charge is 2.40. The van der Waals surface area contributed by atoms with Crippen LogP contribution in [0.2, 0.25) is 0 Å². The first kappa shape index (κ1) is 26.5. The molecular weight excluding hydrogens is 456 g/mol. The minimum atomic E-state index is -5.06. The maximum atomic E-state index is 13.4. The number of nitrogens with zero attached hydrogens (tertiary/aromatic N) is 1. The molecule has 5 nitrogen and oxygen atoms in total. The predicted octanol–water partition coefficient (Wildman–Crippen LogP) is 6.07. The Morgan fingerprint density at radius 1 is 1.03 bits per heavy atom. The van der Waals surface area contributed by atoms with Gasteiger partial charge in [0.2, 0.25) is 0 Å². The molecule has 0 spiro atoms. The second-order valence-electron chi connectivity index (χ2n) is 8.48. The monoisotopic (exact) mass is 481 g/mol. The van der Waals surface area contributed by atoms with Crippen LogP contribution >= 0.6 is 0 Å². The standard InChI is InChI=1S/C22H25F6NO4/c1-5-32-18(30)12-16(17-7-6-8-29(17)19(31)33-20(2,3)4)13-9-14(21(23,24)25)11-15(10-13)22(26,27)28/h9-12,17H,5-8H2,1-4H3/b16-12-. The molecule has 2 rings (SSSR count). The lowest BCUT2D eigenvalue weighted by atomic mass is 9.92. The maximum absolute atomic E-state index is 13.4. The SMILES string of the molecule is CCOC(=O)/C=C(/c1cc(C(F)(F)F)cc(C(F)(F)F)c1)C1CCCN1C(=O)OC(C)(C)C. The van der Waals surface area contributed by atoms with E-state index in [1.54, 1.807) is 20.8 Å². The van der Waals surface area contributed by atoms with Gasteiger partial charge in [-0.3, -0.25) is 0 Å². The van der Waals surface area contributed by atoms with Gasteiger partial charge in [0, 0.05) is 12.6 Å². The quantitative estimate of drug-likeness (QED) is 0.298. The number of carbonyl (C=O) groups is 2. The molecule has 0 aliphatic carbocycles. The van der Waals surface area contributed by atoms with E-state index in [9.17, 15) is 35.9 Å². The highest BCUT2D eigenvalue weighted by Crippen LogP contribution is 2.40. The smallest absolute Gasteiger partial charge is 0.416 e. The van der Waals surface area contributed by atoms with Gasteiger partial charge in [0.05, 0.1) is 23.8 Å². The Morgan fingerprint density at radius 2 is 1.58 bits per heavy atom. The maximum Gasteiger partial charge on any atom is 0.416 e. The largest absolute Gasteiger partial charge is 0.463 e. The van der Waals surface area contributed by atoms with Crippen LogP contribution < -0.4 is 0 Å². The number of benzene rings is 1. The number of ether oxygens (including phenoxy) is 2. The van der Waals surface area contributed by atoms with Crippen molar-refractivity contribution in [3.05, 3.63) is 41.0 Å². The summed E-state index contributed by atoms with van der Waals surface area (Å²) in [5, 5.41) is 0. The van der Waals surface area contributed by atoms with E-state index in [1.165, 1.54) is 11.8 Å². The van der Waals surface area contributed by atoms with E-state index in [0.717, 1.165) is 6.08 Å². The molecule has 1 aromatic carbocycles. The summed E-state index contributed by atoms with van der Waals surface area (Å²) in [7, 11) is 0. The van der Waals surface area contributed by atoms with Gasteiger partial charge >= 0.3 is 24.4 Å². The van der Waals surface area contributed by atoms with Gasteiger partial charge in [-0.05, 0) is 69.9 Å². The lowest BCUT2D eigenvalue weighted by Crippen LogP contribution is -2.40. The molecule has 1 aromatic rings. The zero-order chi connectivity index (χ0) is 25.2. The zero-order valence-corrected chi connectivity index (χ0v) is 18.6. The number of rotatable bonds is 4. The van der Waals surface area contributed by atoms with Crippen LogP contribution in [0.3, 0.4) is 0 Å². The van der Waals surface area contributed by atoms with E-state index in [2.05, 4.69) is 0 Å². The number of hydrogen-bond donors (Lipinski definition) is 0. The van der Waals surface area contributed by atoms with Crippen LogP contribution in [0, 0.1) is 0 Å². The Bertz CT molecular complexity index is 883. The van der Waals surface area contributed by atoms with E-state index in [-0.39, 0.29) is 31.2 Å². The van der Waals surface area contributed by atoms with Crippen LogP contribution in [0.4, 0.5) is 31.1 Å². The first-order valence-corrected chi connectivity index (χ1v) is 10.2. The number of esters is 1. The lowest BCUT2D eigenvalue weighted by molar-refractivity contribution is -0.143. The minimum Gasteiger partial charge on any atom is -0.463 e. The summed E-state index contributed by atoms with van der Waals surface area (Å²) in [5.41, 5.74) is -4.60. The molecule has 0 bridgehead atoms. The third-order valence-electron chi connectivity index (χ3n) is 4.72. The molecule has 11 heteroatoms. The van der Waals surface area contributed by atoms with Gasteiger partial charge in [0.15, 0.2) is 0 Å². The molecule has 1 heterocycles.